The van der Waals surface area contributed by atoms with E-state index in [-0.39, 0.29) is 29.9 Å². The first-order chi connectivity index (χ1) is 15.0. The molecule has 9 heteroatoms. The summed E-state index contributed by atoms with van der Waals surface area (Å²) in [6.07, 6.45) is 1.73. The summed E-state index contributed by atoms with van der Waals surface area (Å²) in [5.74, 6) is -0.198. The highest BCUT2D eigenvalue weighted by atomic mass is 35.5. The number of carbonyl (C=O) groups excluding carboxylic acids is 1. The number of aromatic nitrogens is 3. The Morgan fingerprint density at radius 3 is 2.87 bits per heavy atom. The van der Waals surface area contributed by atoms with E-state index >= 15 is 0 Å². The number of anilines is 1. The van der Waals surface area contributed by atoms with Crippen molar-refractivity contribution in [2.24, 2.45) is 0 Å². The molecule has 4 rings (SSSR count). The number of methoxy groups -OCH3 is 1. The van der Waals surface area contributed by atoms with Crippen molar-refractivity contribution in [2.75, 3.05) is 12.4 Å². The Labute approximate surface area is 182 Å². The number of benzene rings is 2. The third-order valence-electron chi connectivity index (χ3n) is 4.74. The maximum atomic E-state index is 14.0. The van der Waals surface area contributed by atoms with E-state index < -0.39 is 5.82 Å². The van der Waals surface area contributed by atoms with Crippen LogP contribution in [-0.4, -0.2) is 27.7 Å². The number of ether oxygens (including phenoxy) is 1. The number of nitrogens with one attached hydrogen (secondary N) is 1. The molecular formula is C22H18ClFN4O3. The van der Waals surface area contributed by atoms with Gasteiger partial charge in [0.15, 0.2) is 11.6 Å². The van der Waals surface area contributed by atoms with E-state index in [2.05, 4.69) is 15.5 Å². The normalized spacial score (nSPS) is 10.8. The number of nitrogens with zero attached hydrogens (tertiary/aromatic N) is 3. The quantitative estimate of drug-likeness (QED) is 0.458. The van der Waals surface area contributed by atoms with E-state index in [1.165, 1.54) is 19.2 Å². The minimum atomic E-state index is -0.525. The molecule has 0 bridgehead atoms. The van der Waals surface area contributed by atoms with Gasteiger partial charge >= 0.3 is 0 Å². The molecule has 2 aromatic carbocycles. The van der Waals surface area contributed by atoms with Gasteiger partial charge < -0.3 is 19.1 Å². The molecule has 0 aliphatic heterocycles. The summed E-state index contributed by atoms with van der Waals surface area (Å²) in [4.78, 5) is 16.9. The fourth-order valence-electron chi connectivity index (χ4n) is 3.08. The van der Waals surface area contributed by atoms with Gasteiger partial charge in [-0.2, -0.15) is 4.98 Å². The van der Waals surface area contributed by atoms with Crippen LogP contribution >= 0.6 is 11.6 Å². The highest BCUT2D eigenvalue weighted by molar-refractivity contribution is 6.31. The molecule has 1 amide bonds. The first-order valence-electron chi connectivity index (χ1n) is 9.34. The molecule has 158 valence electrons. The van der Waals surface area contributed by atoms with Gasteiger partial charge in [0.05, 0.1) is 7.11 Å². The summed E-state index contributed by atoms with van der Waals surface area (Å²) < 4.78 is 25.9. The fraction of sp³-hybridized carbons (Fsp3) is 0.136. The van der Waals surface area contributed by atoms with Crippen LogP contribution in [0.3, 0.4) is 0 Å². The van der Waals surface area contributed by atoms with Crippen LogP contribution in [0.25, 0.3) is 23.0 Å². The molecule has 0 spiro atoms. The molecule has 0 saturated heterocycles. The van der Waals surface area contributed by atoms with E-state index in [9.17, 15) is 9.18 Å². The fourth-order valence-corrected chi connectivity index (χ4v) is 3.26. The average Bonchev–Trinajstić information content (AvgIpc) is 3.41. The van der Waals surface area contributed by atoms with Gasteiger partial charge in [0, 0.05) is 22.5 Å². The van der Waals surface area contributed by atoms with Crippen LogP contribution in [0.1, 0.15) is 5.56 Å². The second-order valence-electron chi connectivity index (χ2n) is 6.75. The molecule has 0 aliphatic rings. The lowest BCUT2D eigenvalue weighted by Crippen LogP contribution is -2.19. The molecule has 1 N–H and O–H groups in total. The van der Waals surface area contributed by atoms with Crippen molar-refractivity contribution < 1.29 is 18.4 Å². The van der Waals surface area contributed by atoms with Gasteiger partial charge in [-0.1, -0.05) is 22.8 Å². The Hall–Kier alpha value is -3.65. The van der Waals surface area contributed by atoms with E-state index in [4.69, 9.17) is 20.9 Å². The predicted molar refractivity (Wildman–Crippen MR) is 114 cm³/mol. The minimum absolute atomic E-state index is 0.0309. The van der Waals surface area contributed by atoms with Crippen molar-refractivity contribution in [2.45, 2.75) is 13.5 Å². The van der Waals surface area contributed by atoms with E-state index in [1.54, 1.807) is 47.2 Å². The summed E-state index contributed by atoms with van der Waals surface area (Å²) in [5.41, 5.74) is 2.44. The van der Waals surface area contributed by atoms with Crippen LogP contribution in [0.5, 0.6) is 5.75 Å². The van der Waals surface area contributed by atoms with Gasteiger partial charge in [-0.05, 0) is 55.0 Å². The zero-order valence-electron chi connectivity index (χ0n) is 16.7. The predicted octanol–water partition coefficient (Wildman–Crippen LogP) is 4.95. The monoisotopic (exact) mass is 440 g/mol. The molecule has 0 radical (unpaired) electrons. The third-order valence-corrected chi connectivity index (χ3v) is 5.15. The number of hydrogen-bond acceptors (Lipinski definition) is 5. The summed E-state index contributed by atoms with van der Waals surface area (Å²) in [5, 5.41) is 7.35. The van der Waals surface area contributed by atoms with Gasteiger partial charge in [0.25, 0.3) is 5.89 Å². The van der Waals surface area contributed by atoms with E-state index in [1.807, 2.05) is 6.92 Å². The molecule has 2 aromatic heterocycles. The summed E-state index contributed by atoms with van der Waals surface area (Å²) >= 11 is 6.11. The minimum Gasteiger partial charge on any atom is -0.494 e. The van der Waals surface area contributed by atoms with E-state index in [0.29, 0.717) is 22.0 Å². The Bertz CT molecular complexity index is 1250. The largest absolute Gasteiger partial charge is 0.494 e. The van der Waals surface area contributed by atoms with Crippen molar-refractivity contribution >= 4 is 23.2 Å². The van der Waals surface area contributed by atoms with Crippen LogP contribution in [0.2, 0.25) is 5.02 Å². The summed E-state index contributed by atoms with van der Waals surface area (Å²) in [7, 11) is 1.39. The highest BCUT2D eigenvalue weighted by Crippen LogP contribution is 2.27. The molecule has 2 heterocycles. The zero-order valence-corrected chi connectivity index (χ0v) is 17.5. The lowest BCUT2D eigenvalue weighted by molar-refractivity contribution is -0.116. The topological polar surface area (TPSA) is 82.2 Å². The average molecular weight is 441 g/mol. The van der Waals surface area contributed by atoms with Gasteiger partial charge in [-0.3, -0.25) is 4.79 Å². The number of hydrogen-bond donors (Lipinski definition) is 1. The van der Waals surface area contributed by atoms with Crippen LogP contribution in [0.15, 0.2) is 59.3 Å². The molecule has 0 aliphatic carbocycles. The van der Waals surface area contributed by atoms with Gasteiger partial charge in [-0.25, -0.2) is 4.39 Å². The van der Waals surface area contributed by atoms with Crippen LogP contribution in [-0.2, 0) is 11.3 Å². The lowest BCUT2D eigenvalue weighted by Gasteiger charge is -2.11. The van der Waals surface area contributed by atoms with Crippen molar-refractivity contribution in [1.29, 1.82) is 0 Å². The van der Waals surface area contributed by atoms with Gasteiger partial charge in [-0.15, -0.1) is 0 Å². The number of halogens is 2. The number of amides is 1. The van der Waals surface area contributed by atoms with Gasteiger partial charge in [0.2, 0.25) is 11.7 Å². The summed E-state index contributed by atoms with van der Waals surface area (Å²) in [6, 6.07) is 13.2. The molecule has 0 saturated carbocycles. The summed E-state index contributed by atoms with van der Waals surface area (Å²) in [6.45, 7) is 1.87. The third kappa shape index (κ3) is 4.29. The Kier molecular flexibility index (Phi) is 5.73. The molecule has 4 aromatic rings. The Balaban J connectivity index is 1.53. The Morgan fingerprint density at radius 1 is 1.26 bits per heavy atom. The maximum Gasteiger partial charge on any atom is 0.274 e. The molecule has 31 heavy (non-hydrogen) atoms. The molecule has 7 nitrogen and oxygen atoms in total. The standard InChI is InChI=1S/C22H18ClFN4O3/c1-13-15(23)5-3-6-17(13)25-20(29)12-28-10-4-7-18(28)22-26-21(27-31-22)14-8-9-19(30-2)16(24)11-14/h3-11H,12H2,1-2H3,(H,25,29). The van der Waals surface area contributed by atoms with Crippen LogP contribution in [0, 0.1) is 12.7 Å². The second kappa shape index (κ2) is 8.61. The molecule has 0 unspecified atom stereocenters. The second-order valence-corrected chi connectivity index (χ2v) is 7.16. The van der Waals surface area contributed by atoms with Crippen molar-refractivity contribution in [3.63, 3.8) is 0 Å². The first-order valence-corrected chi connectivity index (χ1v) is 9.72. The molecule has 0 atom stereocenters. The number of carbonyl (C=O) groups is 1. The number of rotatable bonds is 6. The van der Waals surface area contributed by atoms with Gasteiger partial charge in [0.1, 0.15) is 12.2 Å². The van der Waals surface area contributed by atoms with Crippen LogP contribution in [0.4, 0.5) is 10.1 Å². The first kappa shape index (κ1) is 20.6. The highest BCUT2D eigenvalue weighted by Gasteiger charge is 2.17. The SMILES string of the molecule is COc1ccc(-c2noc(-c3cccn3CC(=O)Nc3cccc(Cl)c3C)n2)cc1F. The van der Waals surface area contributed by atoms with Crippen LogP contribution < -0.4 is 10.1 Å². The van der Waals surface area contributed by atoms with Crippen molar-refractivity contribution in [3.8, 4) is 28.7 Å². The molecular weight excluding hydrogens is 423 g/mol. The zero-order chi connectivity index (χ0) is 22.0. The maximum absolute atomic E-state index is 14.0. The Morgan fingerprint density at radius 2 is 2.10 bits per heavy atom. The van der Waals surface area contributed by atoms with Crippen molar-refractivity contribution in [3.05, 3.63) is 71.1 Å². The smallest absolute Gasteiger partial charge is 0.274 e. The van der Waals surface area contributed by atoms with Crippen molar-refractivity contribution in [1.82, 2.24) is 14.7 Å². The molecule has 0 fully saturated rings. The van der Waals surface area contributed by atoms with E-state index in [0.717, 1.165) is 5.56 Å². The lowest BCUT2D eigenvalue weighted by atomic mass is 10.2.